The number of carboxylic acid groups (broad SMARTS) is 1. The first kappa shape index (κ1) is 15.8. The van der Waals surface area contributed by atoms with E-state index in [2.05, 4.69) is 5.32 Å². The molecule has 0 aromatic carbocycles. The van der Waals surface area contributed by atoms with Crippen molar-refractivity contribution in [3.63, 3.8) is 0 Å². The molecule has 0 saturated carbocycles. The van der Waals surface area contributed by atoms with Crippen LogP contribution in [-0.2, 0) is 9.53 Å². The average molecular weight is 272 g/mol. The predicted octanol–water partition coefficient (Wildman–Crippen LogP) is 1.45. The molecule has 110 valence electrons. The Labute approximate surface area is 114 Å². The zero-order valence-corrected chi connectivity index (χ0v) is 11.9. The third-order valence-electron chi connectivity index (χ3n) is 4.08. The van der Waals surface area contributed by atoms with Crippen molar-refractivity contribution >= 4 is 12.0 Å². The van der Waals surface area contributed by atoms with E-state index in [4.69, 9.17) is 9.84 Å². The van der Waals surface area contributed by atoms with E-state index >= 15 is 0 Å². The zero-order chi connectivity index (χ0) is 14.5. The van der Waals surface area contributed by atoms with Crippen molar-refractivity contribution in [1.82, 2.24) is 10.2 Å². The molecule has 1 saturated heterocycles. The summed E-state index contributed by atoms with van der Waals surface area (Å²) in [6, 6.07) is -1.20. The first-order valence-electron chi connectivity index (χ1n) is 6.89. The van der Waals surface area contributed by atoms with E-state index in [-0.39, 0.29) is 18.2 Å². The van der Waals surface area contributed by atoms with Crippen LogP contribution in [0.2, 0.25) is 0 Å². The molecule has 19 heavy (non-hydrogen) atoms. The molecule has 2 amide bonds. The summed E-state index contributed by atoms with van der Waals surface area (Å²) in [4.78, 5) is 24.8. The Balaban J connectivity index is 2.77. The van der Waals surface area contributed by atoms with Gasteiger partial charge in [-0.1, -0.05) is 20.8 Å². The maximum atomic E-state index is 12.3. The number of carboxylic acids is 1. The van der Waals surface area contributed by atoms with Gasteiger partial charge in [-0.25, -0.2) is 9.59 Å². The monoisotopic (exact) mass is 272 g/mol. The van der Waals surface area contributed by atoms with E-state index in [0.29, 0.717) is 13.2 Å². The molecule has 1 atom stereocenters. The first-order chi connectivity index (χ1) is 8.99. The number of amides is 2. The fourth-order valence-corrected chi connectivity index (χ4v) is 2.37. The summed E-state index contributed by atoms with van der Waals surface area (Å²) >= 11 is 0. The maximum Gasteiger partial charge on any atom is 0.328 e. The van der Waals surface area contributed by atoms with Crippen LogP contribution in [0.15, 0.2) is 0 Å². The van der Waals surface area contributed by atoms with Crippen LogP contribution in [0.25, 0.3) is 0 Å². The Morgan fingerprint density at radius 3 is 2.37 bits per heavy atom. The highest BCUT2D eigenvalue weighted by molar-refractivity contribution is 5.83. The Kier molecular flexibility index (Phi) is 5.60. The summed E-state index contributed by atoms with van der Waals surface area (Å²) in [6.07, 6.45) is 2.48. The molecule has 1 aliphatic rings. The predicted molar refractivity (Wildman–Crippen MR) is 71.1 cm³/mol. The third-order valence-corrected chi connectivity index (χ3v) is 4.08. The van der Waals surface area contributed by atoms with Crippen molar-refractivity contribution in [2.75, 3.05) is 19.8 Å². The van der Waals surface area contributed by atoms with Crippen molar-refractivity contribution in [2.45, 2.75) is 51.6 Å². The Morgan fingerprint density at radius 2 is 1.89 bits per heavy atom. The summed E-state index contributed by atoms with van der Waals surface area (Å²) in [7, 11) is 0. The topological polar surface area (TPSA) is 78.9 Å². The van der Waals surface area contributed by atoms with Gasteiger partial charge in [0.25, 0.3) is 0 Å². The Bertz CT molecular complexity index is 320. The van der Waals surface area contributed by atoms with Crippen LogP contribution in [0.4, 0.5) is 4.79 Å². The van der Waals surface area contributed by atoms with Gasteiger partial charge in [-0.3, -0.25) is 0 Å². The first-order valence-corrected chi connectivity index (χ1v) is 6.89. The van der Waals surface area contributed by atoms with Gasteiger partial charge < -0.3 is 20.1 Å². The van der Waals surface area contributed by atoms with Crippen LogP contribution in [0, 0.1) is 0 Å². The molecule has 0 aromatic rings. The number of rotatable bonds is 5. The van der Waals surface area contributed by atoms with Gasteiger partial charge in [0.05, 0.1) is 13.2 Å². The second-order valence-corrected chi connectivity index (χ2v) is 4.89. The third kappa shape index (κ3) is 3.59. The number of carbonyl (C=O) groups excluding carboxylic acids is 1. The summed E-state index contributed by atoms with van der Waals surface area (Å²) in [5.74, 6) is -1.02. The van der Waals surface area contributed by atoms with Gasteiger partial charge in [-0.2, -0.15) is 0 Å². The van der Waals surface area contributed by atoms with Gasteiger partial charge in [0.2, 0.25) is 0 Å². The second kappa shape index (κ2) is 6.75. The van der Waals surface area contributed by atoms with Crippen LogP contribution in [-0.4, -0.2) is 53.3 Å². The number of hydrogen-bond acceptors (Lipinski definition) is 3. The largest absolute Gasteiger partial charge is 0.480 e. The molecule has 0 aromatic heterocycles. The summed E-state index contributed by atoms with van der Waals surface area (Å²) in [5.41, 5.74) is -0.252. The smallest absolute Gasteiger partial charge is 0.328 e. The molecule has 1 heterocycles. The quantitative estimate of drug-likeness (QED) is 0.794. The molecule has 0 spiro atoms. The van der Waals surface area contributed by atoms with Crippen molar-refractivity contribution in [3.8, 4) is 0 Å². The number of ether oxygens (including phenoxy) is 1. The number of morpholine rings is 1. The van der Waals surface area contributed by atoms with E-state index in [0.717, 1.165) is 19.3 Å². The molecule has 6 nitrogen and oxygen atoms in total. The highest BCUT2D eigenvalue weighted by atomic mass is 16.5. The number of nitrogens with one attached hydrogen (secondary N) is 1. The number of hydrogen-bond donors (Lipinski definition) is 2. The van der Waals surface area contributed by atoms with Gasteiger partial charge in [0.1, 0.15) is 0 Å². The van der Waals surface area contributed by atoms with Gasteiger partial charge in [-0.05, 0) is 19.3 Å². The highest BCUT2D eigenvalue weighted by Gasteiger charge is 2.35. The van der Waals surface area contributed by atoms with Crippen LogP contribution in [0.1, 0.15) is 40.0 Å². The van der Waals surface area contributed by atoms with E-state index < -0.39 is 12.0 Å². The van der Waals surface area contributed by atoms with Crippen LogP contribution >= 0.6 is 0 Å². The molecule has 0 radical (unpaired) electrons. The molecule has 1 fully saturated rings. The minimum atomic E-state index is -1.02. The molecule has 0 bridgehead atoms. The summed E-state index contributed by atoms with van der Waals surface area (Å²) in [5, 5.41) is 12.1. The molecule has 1 aliphatic heterocycles. The molecule has 6 heteroatoms. The fraction of sp³-hybridized carbons (Fsp3) is 0.846. The Hall–Kier alpha value is -1.30. The van der Waals surface area contributed by atoms with E-state index in [9.17, 15) is 9.59 Å². The number of urea groups is 1. The molecule has 1 unspecified atom stereocenters. The van der Waals surface area contributed by atoms with Crippen molar-refractivity contribution < 1.29 is 19.4 Å². The lowest BCUT2D eigenvalue weighted by Gasteiger charge is -2.38. The summed E-state index contributed by atoms with van der Waals surface area (Å²) < 4.78 is 5.13. The van der Waals surface area contributed by atoms with E-state index in [1.165, 1.54) is 4.90 Å². The maximum absolute atomic E-state index is 12.3. The lowest BCUT2D eigenvalue weighted by atomic mass is 9.90. The lowest BCUT2D eigenvalue weighted by molar-refractivity contribution is -0.147. The average Bonchev–Trinajstić information content (AvgIpc) is 2.44. The van der Waals surface area contributed by atoms with E-state index in [1.54, 1.807) is 0 Å². The molecular formula is C13H24N2O4. The fourth-order valence-electron chi connectivity index (χ4n) is 2.37. The number of aliphatic carboxylic acids is 1. The summed E-state index contributed by atoms with van der Waals surface area (Å²) in [6.45, 7) is 6.84. The molecule has 0 aliphatic carbocycles. The molecular weight excluding hydrogens is 248 g/mol. The van der Waals surface area contributed by atoms with Gasteiger partial charge >= 0.3 is 12.0 Å². The Morgan fingerprint density at radius 1 is 1.32 bits per heavy atom. The van der Waals surface area contributed by atoms with Gasteiger partial charge in [0.15, 0.2) is 6.04 Å². The lowest BCUT2D eigenvalue weighted by Crippen LogP contribution is -2.59. The van der Waals surface area contributed by atoms with Crippen molar-refractivity contribution in [2.24, 2.45) is 0 Å². The minimum absolute atomic E-state index is 0.0557. The molecule has 1 rings (SSSR count). The normalized spacial score (nSPS) is 20.2. The minimum Gasteiger partial charge on any atom is -0.480 e. The van der Waals surface area contributed by atoms with Gasteiger partial charge in [0, 0.05) is 12.1 Å². The van der Waals surface area contributed by atoms with Crippen LogP contribution in [0.5, 0.6) is 0 Å². The van der Waals surface area contributed by atoms with Crippen molar-refractivity contribution in [3.05, 3.63) is 0 Å². The van der Waals surface area contributed by atoms with Crippen LogP contribution in [0.3, 0.4) is 0 Å². The SMILES string of the molecule is CCC(CC)(CC)NC(=O)N1CCOCC1C(=O)O. The van der Waals surface area contributed by atoms with Crippen molar-refractivity contribution in [1.29, 1.82) is 0 Å². The van der Waals surface area contributed by atoms with E-state index in [1.807, 2.05) is 20.8 Å². The highest BCUT2D eigenvalue weighted by Crippen LogP contribution is 2.20. The second-order valence-electron chi connectivity index (χ2n) is 4.89. The van der Waals surface area contributed by atoms with Crippen LogP contribution < -0.4 is 5.32 Å². The standard InChI is InChI=1S/C13H24N2O4/c1-4-13(5-2,6-3)14-12(18)15-7-8-19-9-10(15)11(16)17/h10H,4-9H2,1-3H3,(H,14,18)(H,16,17). The number of carbonyl (C=O) groups is 2. The zero-order valence-electron chi connectivity index (χ0n) is 11.9. The van der Waals surface area contributed by atoms with Gasteiger partial charge in [-0.15, -0.1) is 0 Å². The molecule has 2 N–H and O–H groups in total. The number of nitrogens with zero attached hydrogens (tertiary/aromatic N) is 1.